The molecule has 1 atom stereocenters. The maximum absolute atomic E-state index is 11.8. The lowest BCUT2D eigenvalue weighted by Crippen LogP contribution is -2.38. The molecule has 5 heteroatoms. The molecule has 5 nitrogen and oxygen atoms in total. The maximum Gasteiger partial charge on any atom is 0.238 e. The number of aliphatic hydroxyl groups excluding tert-OH is 1. The number of amides is 1. The second kappa shape index (κ2) is 6.98. The number of ether oxygens (including phenoxy) is 1. The van der Waals surface area contributed by atoms with Crippen LogP contribution in [0.25, 0.3) is 0 Å². The molecule has 0 aliphatic heterocycles. The number of carbonyl (C=O) groups excluding carboxylic acids is 1. The number of likely N-dealkylation sites (N-methyl/N-ethyl adjacent to an activating group) is 1. The van der Waals surface area contributed by atoms with Crippen LogP contribution in [0, 0.1) is 0 Å². The van der Waals surface area contributed by atoms with Crippen LogP contribution in [0.5, 0.6) is 5.75 Å². The number of nitrogens with one attached hydrogen (secondary N) is 1. The van der Waals surface area contributed by atoms with Gasteiger partial charge < -0.3 is 15.2 Å². The molecule has 0 aliphatic rings. The van der Waals surface area contributed by atoms with Gasteiger partial charge in [-0.05, 0) is 26.1 Å². The first-order valence-corrected chi connectivity index (χ1v) is 5.82. The molecule has 1 aromatic carbocycles. The van der Waals surface area contributed by atoms with Crippen molar-refractivity contribution < 1.29 is 14.6 Å². The van der Waals surface area contributed by atoms with Crippen LogP contribution in [0.1, 0.15) is 6.92 Å². The number of methoxy groups -OCH3 is 1. The first-order chi connectivity index (χ1) is 8.58. The summed E-state index contributed by atoms with van der Waals surface area (Å²) in [6.45, 7) is 2.11. The van der Waals surface area contributed by atoms with Gasteiger partial charge in [-0.3, -0.25) is 9.69 Å². The second-order valence-electron chi connectivity index (χ2n) is 4.20. The van der Waals surface area contributed by atoms with Crippen molar-refractivity contribution in [1.82, 2.24) is 4.90 Å². The van der Waals surface area contributed by atoms with Crippen LogP contribution in [0.15, 0.2) is 24.3 Å². The number of benzene rings is 1. The van der Waals surface area contributed by atoms with Gasteiger partial charge in [0.1, 0.15) is 5.75 Å². The molecule has 0 saturated carbocycles. The predicted molar refractivity (Wildman–Crippen MR) is 70.8 cm³/mol. The lowest BCUT2D eigenvalue weighted by atomic mass is 10.3. The molecule has 100 valence electrons. The van der Waals surface area contributed by atoms with Gasteiger partial charge in [0.15, 0.2) is 0 Å². The first kappa shape index (κ1) is 14.5. The molecule has 0 fully saturated rings. The van der Waals surface area contributed by atoms with E-state index in [1.807, 2.05) is 19.1 Å². The van der Waals surface area contributed by atoms with Crippen molar-refractivity contribution >= 4 is 11.6 Å². The molecule has 0 aliphatic carbocycles. The molecule has 1 amide bonds. The molecular formula is C13H20N2O3. The van der Waals surface area contributed by atoms with Gasteiger partial charge in [0.05, 0.1) is 25.9 Å². The van der Waals surface area contributed by atoms with Crippen molar-refractivity contribution in [2.24, 2.45) is 0 Å². The van der Waals surface area contributed by atoms with Gasteiger partial charge in [0, 0.05) is 6.04 Å². The molecule has 0 aromatic heterocycles. The van der Waals surface area contributed by atoms with E-state index in [0.29, 0.717) is 11.4 Å². The SMILES string of the molecule is COc1ccccc1NC(=O)CN(C)C(C)CO. The Morgan fingerprint density at radius 3 is 2.78 bits per heavy atom. The van der Waals surface area contributed by atoms with Crippen molar-refractivity contribution in [2.45, 2.75) is 13.0 Å². The molecule has 0 saturated heterocycles. The Morgan fingerprint density at radius 2 is 2.17 bits per heavy atom. The highest BCUT2D eigenvalue weighted by molar-refractivity contribution is 5.93. The number of para-hydroxylation sites is 2. The van der Waals surface area contributed by atoms with E-state index in [0.717, 1.165) is 0 Å². The summed E-state index contributed by atoms with van der Waals surface area (Å²) in [4.78, 5) is 13.6. The predicted octanol–water partition coefficient (Wildman–Crippen LogP) is 0.946. The summed E-state index contributed by atoms with van der Waals surface area (Å²) in [6.07, 6.45) is 0. The van der Waals surface area contributed by atoms with Crippen LogP contribution in [-0.4, -0.2) is 49.3 Å². The van der Waals surface area contributed by atoms with E-state index in [4.69, 9.17) is 9.84 Å². The summed E-state index contributed by atoms with van der Waals surface area (Å²) < 4.78 is 5.15. The number of aliphatic hydroxyl groups is 1. The minimum atomic E-state index is -0.137. The van der Waals surface area contributed by atoms with E-state index in [1.54, 1.807) is 31.2 Å². The largest absolute Gasteiger partial charge is 0.495 e. The molecule has 0 radical (unpaired) electrons. The lowest BCUT2D eigenvalue weighted by Gasteiger charge is -2.22. The normalized spacial score (nSPS) is 12.3. The van der Waals surface area contributed by atoms with E-state index >= 15 is 0 Å². The third kappa shape index (κ3) is 4.01. The molecule has 1 aromatic rings. The summed E-state index contributed by atoms with van der Waals surface area (Å²) in [5, 5.41) is 11.8. The van der Waals surface area contributed by atoms with E-state index in [-0.39, 0.29) is 25.1 Å². The molecule has 0 bridgehead atoms. The first-order valence-electron chi connectivity index (χ1n) is 5.82. The molecule has 1 unspecified atom stereocenters. The Morgan fingerprint density at radius 1 is 1.50 bits per heavy atom. The fourth-order valence-electron chi connectivity index (χ4n) is 1.46. The van der Waals surface area contributed by atoms with Crippen molar-refractivity contribution in [3.63, 3.8) is 0 Å². The minimum absolute atomic E-state index is 0.0262. The van der Waals surface area contributed by atoms with Crippen molar-refractivity contribution in [3.05, 3.63) is 24.3 Å². The standard InChI is InChI=1S/C13H20N2O3/c1-10(9-16)15(2)8-13(17)14-11-6-4-5-7-12(11)18-3/h4-7,10,16H,8-9H2,1-3H3,(H,14,17). The molecule has 18 heavy (non-hydrogen) atoms. The average Bonchev–Trinajstić information content (AvgIpc) is 2.38. The Bertz CT molecular complexity index is 396. The Kier molecular flexibility index (Phi) is 5.61. The van der Waals surface area contributed by atoms with Crippen LogP contribution in [-0.2, 0) is 4.79 Å². The van der Waals surface area contributed by atoms with E-state index in [2.05, 4.69) is 5.32 Å². The summed E-state index contributed by atoms with van der Waals surface area (Å²) in [6, 6.07) is 7.20. The minimum Gasteiger partial charge on any atom is -0.495 e. The van der Waals surface area contributed by atoms with E-state index < -0.39 is 0 Å². The second-order valence-corrected chi connectivity index (χ2v) is 4.20. The van der Waals surface area contributed by atoms with Crippen LogP contribution in [0.2, 0.25) is 0 Å². The zero-order valence-electron chi connectivity index (χ0n) is 11.0. The third-order valence-electron chi connectivity index (χ3n) is 2.79. The highest BCUT2D eigenvalue weighted by Gasteiger charge is 2.13. The average molecular weight is 252 g/mol. The molecule has 2 N–H and O–H groups in total. The summed E-state index contributed by atoms with van der Waals surface area (Å²) in [5.74, 6) is 0.492. The number of nitrogens with zero attached hydrogens (tertiary/aromatic N) is 1. The van der Waals surface area contributed by atoms with E-state index in [1.165, 1.54) is 0 Å². The highest BCUT2D eigenvalue weighted by atomic mass is 16.5. The zero-order chi connectivity index (χ0) is 13.5. The van der Waals surface area contributed by atoms with Gasteiger partial charge in [-0.2, -0.15) is 0 Å². The van der Waals surface area contributed by atoms with Crippen LogP contribution >= 0.6 is 0 Å². The number of hydrogen-bond acceptors (Lipinski definition) is 4. The number of carbonyl (C=O) groups is 1. The third-order valence-corrected chi connectivity index (χ3v) is 2.79. The van der Waals surface area contributed by atoms with Crippen LogP contribution < -0.4 is 10.1 Å². The highest BCUT2D eigenvalue weighted by Crippen LogP contribution is 2.22. The van der Waals surface area contributed by atoms with Crippen molar-refractivity contribution in [1.29, 1.82) is 0 Å². The van der Waals surface area contributed by atoms with Gasteiger partial charge in [-0.1, -0.05) is 12.1 Å². The molecular weight excluding hydrogens is 232 g/mol. The topological polar surface area (TPSA) is 61.8 Å². The van der Waals surface area contributed by atoms with Gasteiger partial charge in [-0.15, -0.1) is 0 Å². The quantitative estimate of drug-likeness (QED) is 0.791. The number of hydrogen-bond donors (Lipinski definition) is 2. The Balaban J connectivity index is 2.59. The summed E-state index contributed by atoms with van der Waals surface area (Å²) >= 11 is 0. The fraction of sp³-hybridized carbons (Fsp3) is 0.462. The molecule has 0 spiro atoms. The van der Waals surface area contributed by atoms with Gasteiger partial charge in [0.25, 0.3) is 0 Å². The zero-order valence-corrected chi connectivity index (χ0v) is 11.0. The van der Waals surface area contributed by atoms with E-state index in [9.17, 15) is 4.79 Å². The summed E-state index contributed by atoms with van der Waals surface area (Å²) in [5.41, 5.74) is 0.648. The Labute approximate surface area is 107 Å². The van der Waals surface area contributed by atoms with Gasteiger partial charge >= 0.3 is 0 Å². The lowest BCUT2D eigenvalue weighted by molar-refractivity contribution is -0.117. The number of anilines is 1. The monoisotopic (exact) mass is 252 g/mol. The van der Waals surface area contributed by atoms with Crippen molar-refractivity contribution in [3.8, 4) is 5.75 Å². The van der Waals surface area contributed by atoms with Crippen LogP contribution in [0.4, 0.5) is 5.69 Å². The molecule has 1 rings (SSSR count). The molecule has 0 heterocycles. The Hall–Kier alpha value is -1.59. The summed E-state index contributed by atoms with van der Waals surface area (Å²) in [7, 11) is 3.35. The number of rotatable bonds is 6. The van der Waals surface area contributed by atoms with Crippen molar-refractivity contribution in [2.75, 3.05) is 32.6 Å². The smallest absolute Gasteiger partial charge is 0.238 e. The van der Waals surface area contributed by atoms with Gasteiger partial charge in [-0.25, -0.2) is 0 Å². The maximum atomic E-state index is 11.8. The van der Waals surface area contributed by atoms with Gasteiger partial charge in [0.2, 0.25) is 5.91 Å². The van der Waals surface area contributed by atoms with Crippen LogP contribution in [0.3, 0.4) is 0 Å². The fourth-order valence-corrected chi connectivity index (χ4v) is 1.46.